The van der Waals surface area contributed by atoms with Crippen LogP contribution in [0.25, 0.3) is 10.2 Å². The van der Waals surface area contributed by atoms with Gasteiger partial charge in [-0.2, -0.15) is 0 Å². The average Bonchev–Trinajstić information content (AvgIpc) is 3.37. The van der Waals surface area contributed by atoms with Crippen LogP contribution in [0.5, 0.6) is 0 Å². The summed E-state index contributed by atoms with van der Waals surface area (Å²) in [4.78, 5) is 34.7. The number of hydrogen-bond acceptors (Lipinski definition) is 7. The van der Waals surface area contributed by atoms with Gasteiger partial charge in [-0.15, -0.1) is 11.3 Å². The maximum atomic E-state index is 12.8. The number of nitrogens with zero attached hydrogens (tertiary/aromatic N) is 5. The minimum Gasteiger partial charge on any atom is -0.346 e. The number of aliphatic imine (C=N–C) groups is 1. The Morgan fingerprint density at radius 3 is 3.10 bits per heavy atom. The molecular weight excluding hydrogens is 396 g/mol. The number of hydrogen-bond donors (Lipinski definition) is 1. The van der Waals surface area contributed by atoms with Crippen molar-refractivity contribution in [3.8, 4) is 0 Å². The lowest BCUT2D eigenvalue weighted by Gasteiger charge is -2.26. The topological polar surface area (TPSA) is 83.4 Å². The number of fused-ring (bicyclic) bond motifs is 4. The number of anilines is 2. The summed E-state index contributed by atoms with van der Waals surface area (Å²) in [6, 6.07) is 2.06. The third-order valence-corrected chi connectivity index (χ3v) is 7.03. The number of nitrogens with one attached hydrogen (secondary N) is 1. The van der Waals surface area contributed by atoms with Crippen LogP contribution in [-0.4, -0.2) is 45.6 Å². The first-order valence-corrected chi connectivity index (χ1v) is 11.2. The summed E-state index contributed by atoms with van der Waals surface area (Å²) >= 11 is 1.69. The van der Waals surface area contributed by atoms with Crippen LogP contribution in [0.4, 0.5) is 11.5 Å². The zero-order valence-electron chi connectivity index (χ0n) is 17.2. The van der Waals surface area contributed by atoms with Crippen LogP contribution in [0.2, 0.25) is 0 Å². The summed E-state index contributed by atoms with van der Waals surface area (Å²) < 4.78 is 0. The minimum atomic E-state index is 0.0617. The molecule has 0 saturated carbocycles. The molecule has 0 unspecified atom stereocenters. The fourth-order valence-corrected chi connectivity index (χ4v) is 5.63. The highest BCUT2D eigenvalue weighted by molar-refractivity contribution is 7.19. The van der Waals surface area contributed by atoms with Crippen LogP contribution < -0.4 is 5.32 Å². The molecule has 8 heteroatoms. The Bertz CT molecular complexity index is 1150. The lowest BCUT2D eigenvalue weighted by molar-refractivity contribution is -0.134. The second kappa shape index (κ2) is 7.75. The van der Waals surface area contributed by atoms with Crippen molar-refractivity contribution in [2.45, 2.75) is 39.2 Å². The van der Waals surface area contributed by atoms with E-state index in [0.717, 1.165) is 65.2 Å². The molecule has 1 N–H and O–H groups in total. The van der Waals surface area contributed by atoms with Gasteiger partial charge in [0, 0.05) is 36.2 Å². The third kappa shape index (κ3) is 3.35. The fraction of sp³-hybridized carbons (Fsp3) is 0.409. The predicted molar refractivity (Wildman–Crippen MR) is 120 cm³/mol. The maximum Gasteiger partial charge on any atom is 0.225 e. The Kier molecular flexibility index (Phi) is 4.94. The lowest BCUT2D eigenvalue weighted by atomic mass is 9.87. The quantitative estimate of drug-likeness (QED) is 0.680. The standard InChI is InChI=1S/C22H24N6OS/c1-3-6-28(2)22(29)13-4-5-16-18(8-13)30-21-19(16)20(25-12-26-21)27-15-7-14-9-23-11-17(14)24-10-15/h7,9-10,12-13H,3-6,8,11H2,1-2H3,(H,25,26,27)/t13-/m0/s1. The number of pyridine rings is 1. The second-order valence-electron chi connectivity index (χ2n) is 7.96. The molecule has 0 radical (unpaired) electrons. The van der Waals surface area contributed by atoms with Crippen molar-refractivity contribution in [2.24, 2.45) is 10.9 Å². The molecule has 5 rings (SSSR count). The van der Waals surface area contributed by atoms with Gasteiger partial charge in [0.15, 0.2) is 0 Å². The lowest BCUT2D eigenvalue weighted by Crippen LogP contribution is -2.35. The average molecular weight is 421 g/mol. The van der Waals surface area contributed by atoms with Gasteiger partial charge in [-0.25, -0.2) is 9.97 Å². The SMILES string of the molecule is CCCN(C)C(=O)[C@H]1CCc2c(sc3ncnc(Nc4cnc5c(c4)C=NC5)c23)C1. The molecule has 1 aliphatic heterocycles. The highest BCUT2D eigenvalue weighted by Crippen LogP contribution is 2.40. The van der Waals surface area contributed by atoms with E-state index in [1.807, 2.05) is 24.4 Å². The molecule has 0 spiro atoms. The fourth-order valence-electron chi connectivity index (χ4n) is 4.36. The summed E-state index contributed by atoms with van der Waals surface area (Å²) in [6.07, 6.45) is 8.82. The Labute approximate surface area is 179 Å². The molecule has 2 aliphatic rings. The van der Waals surface area contributed by atoms with E-state index in [0.29, 0.717) is 6.54 Å². The number of aryl methyl sites for hydroxylation is 1. The van der Waals surface area contributed by atoms with E-state index in [1.165, 1.54) is 10.4 Å². The van der Waals surface area contributed by atoms with Crippen molar-refractivity contribution in [1.29, 1.82) is 0 Å². The normalized spacial score (nSPS) is 17.1. The van der Waals surface area contributed by atoms with Crippen molar-refractivity contribution in [3.05, 3.63) is 40.3 Å². The number of rotatable bonds is 5. The summed E-state index contributed by atoms with van der Waals surface area (Å²) in [6.45, 7) is 3.57. The second-order valence-corrected chi connectivity index (χ2v) is 9.04. The van der Waals surface area contributed by atoms with E-state index in [1.54, 1.807) is 17.7 Å². The predicted octanol–water partition coefficient (Wildman–Crippen LogP) is 3.74. The minimum absolute atomic E-state index is 0.0617. The molecule has 0 fully saturated rings. The van der Waals surface area contributed by atoms with Crippen LogP contribution in [0.3, 0.4) is 0 Å². The zero-order valence-corrected chi connectivity index (χ0v) is 18.0. The van der Waals surface area contributed by atoms with Gasteiger partial charge in [-0.05, 0) is 37.3 Å². The largest absolute Gasteiger partial charge is 0.346 e. The number of carbonyl (C=O) groups is 1. The maximum absolute atomic E-state index is 12.8. The van der Waals surface area contributed by atoms with E-state index in [2.05, 4.69) is 38.3 Å². The van der Waals surface area contributed by atoms with E-state index in [9.17, 15) is 4.79 Å². The van der Waals surface area contributed by atoms with Gasteiger partial charge in [0.25, 0.3) is 0 Å². The number of carbonyl (C=O) groups excluding carboxylic acids is 1. The Balaban J connectivity index is 1.44. The molecule has 0 saturated heterocycles. The van der Waals surface area contributed by atoms with Crippen molar-refractivity contribution in [2.75, 3.05) is 18.9 Å². The molecule has 154 valence electrons. The van der Waals surface area contributed by atoms with Crippen LogP contribution in [-0.2, 0) is 24.2 Å². The Morgan fingerprint density at radius 2 is 2.23 bits per heavy atom. The molecule has 3 aromatic rings. The molecule has 0 aromatic carbocycles. The smallest absolute Gasteiger partial charge is 0.225 e. The van der Waals surface area contributed by atoms with Crippen molar-refractivity contribution >= 4 is 45.2 Å². The van der Waals surface area contributed by atoms with Gasteiger partial charge in [-0.3, -0.25) is 14.8 Å². The monoisotopic (exact) mass is 420 g/mol. The van der Waals surface area contributed by atoms with Crippen LogP contribution >= 0.6 is 11.3 Å². The number of amides is 1. The first-order chi connectivity index (χ1) is 14.6. The summed E-state index contributed by atoms with van der Waals surface area (Å²) in [5.74, 6) is 1.13. The van der Waals surface area contributed by atoms with Gasteiger partial charge < -0.3 is 10.2 Å². The molecule has 1 aliphatic carbocycles. The molecule has 3 aromatic heterocycles. The third-order valence-electron chi connectivity index (χ3n) is 5.87. The first kappa shape index (κ1) is 19.1. The molecule has 4 heterocycles. The Morgan fingerprint density at radius 1 is 1.33 bits per heavy atom. The molecular formula is C22H24N6OS. The molecule has 7 nitrogen and oxygen atoms in total. The summed E-state index contributed by atoms with van der Waals surface area (Å²) in [5.41, 5.74) is 4.24. The van der Waals surface area contributed by atoms with Crippen LogP contribution in [0.15, 0.2) is 23.6 Å². The van der Waals surface area contributed by atoms with Crippen molar-refractivity contribution in [1.82, 2.24) is 19.9 Å². The van der Waals surface area contributed by atoms with E-state index in [4.69, 9.17) is 0 Å². The molecule has 1 amide bonds. The number of thiophene rings is 1. The van der Waals surface area contributed by atoms with E-state index < -0.39 is 0 Å². The summed E-state index contributed by atoms with van der Waals surface area (Å²) in [7, 11) is 1.91. The summed E-state index contributed by atoms with van der Waals surface area (Å²) in [5, 5.41) is 4.52. The van der Waals surface area contributed by atoms with E-state index >= 15 is 0 Å². The van der Waals surface area contributed by atoms with Crippen LogP contribution in [0, 0.1) is 5.92 Å². The van der Waals surface area contributed by atoms with Crippen molar-refractivity contribution in [3.63, 3.8) is 0 Å². The van der Waals surface area contributed by atoms with Crippen LogP contribution in [0.1, 0.15) is 41.5 Å². The molecule has 0 bridgehead atoms. The van der Waals surface area contributed by atoms with Gasteiger partial charge in [-0.1, -0.05) is 6.92 Å². The Hall–Kier alpha value is -2.87. The number of aromatic nitrogens is 3. The first-order valence-electron chi connectivity index (χ1n) is 10.4. The molecule has 1 atom stereocenters. The van der Waals surface area contributed by atoms with Gasteiger partial charge in [0.1, 0.15) is 17.0 Å². The molecule has 30 heavy (non-hydrogen) atoms. The highest BCUT2D eigenvalue weighted by atomic mass is 32.1. The van der Waals surface area contributed by atoms with Gasteiger partial charge >= 0.3 is 0 Å². The van der Waals surface area contributed by atoms with Gasteiger partial charge in [0.2, 0.25) is 5.91 Å². The van der Waals surface area contributed by atoms with Gasteiger partial charge in [0.05, 0.1) is 29.5 Å². The van der Waals surface area contributed by atoms with E-state index in [-0.39, 0.29) is 11.8 Å². The highest BCUT2D eigenvalue weighted by Gasteiger charge is 2.30. The van der Waals surface area contributed by atoms with Crippen molar-refractivity contribution < 1.29 is 4.79 Å². The zero-order chi connectivity index (χ0) is 20.7.